The lowest BCUT2D eigenvalue weighted by molar-refractivity contribution is 0.136. The minimum absolute atomic E-state index is 0.184. The number of hydrogen-bond acceptors (Lipinski definition) is 5. The van der Waals surface area contributed by atoms with E-state index in [0.717, 1.165) is 41.8 Å². The largest absolute Gasteiger partial charge is 0.302 e. The zero-order valence-electron chi connectivity index (χ0n) is 23.0. The first-order chi connectivity index (χ1) is 20.2. The molecular formula is C36H31N5. The van der Waals surface area contributed by atoms with Gasteiger partial charge in [0.1, 0.15) is 5.54 Å². The van der Waals surface area contributed by atoms with E-state index in [1.165, 1.54) is 28.0 Å². The molecule has 5 heteroatoms. The first-order valence-electron chi connectivity index (χ1n) is 14.8. The molecule has 0 amide bonds. The highest BCUT2D eigenvalue weighted by molar-refractivity contribution is 6.01. The molecular weight excluding hydrogens is 502 g/mol. The van der Waals surface area contributed by atoms with Gasteiger partial charge in [0.05, 0.1) is 34.2 Å². The van der Waals surface area contributed by atoms with E-state index in [0.29, 0.717) is 5.92 Å². The molecule has 2 fully saturated rings. The highest BCUT2D eigenvalue weighted by Gasteiger charge is 2.74. The van der Waals surface area contributed by atoms with Gasteiger partial charge in [-0.25, -0.2) is 9.97 Å². The summed E-state index contributed by atoms with van der Waals surface area (Å²) in [6.07, 6.45) is 2.14. The van der Waals surface area contributed by atoms with E-state index < -0.39 is 5.54 Å². The molecule has 3 heterocycles. The molecule has 9 rings (SSSR count). The van der Waals surface area contributed by atoms with E-state index in [2.05, 4.69) is 127 Å². The number of para-hydroxylation sites is 2. The van der Waals surface area contributed by atoms with Gasteiger partial charge in [-0.3, -0.25) is 4.90 Å². The summed E-state index contributed by atoms with van der Waals surface area (Å²) in [4.78, 5) is 13.4. The molecule has 2 unspecified atom stereocenters. The first kappa shape index (κ1) is 23.4. The van der Waals surface area contributed by atoms with Crippen LogP contribution in [0.1, 0.15) is 47.2 Å². The molecule has 4 aromatic carbocycles. The van der Waals surface area contributed by atoms with E-state index in [1.54, 1.807) is 0 Å². The van der Waals surface area contributed by atoms with Crippen molar-refractivity contribution in [1.29, 1.82) is 0 Å². The van der Waals surface area contributed by atoms with E-state index in [9.17, 15) is 0 Å². The van der Waals surface area contributed by atoms with Gasteiger partial charge in [0.2, 0.25) is 0 Å². The lowest BCUT2D eigenvalue weighted by atomic mass is 9.58. The fourth-order valence-electron chi connectivity index (χ4n) is 9.05. The third-order valence-corrected chi connectivity index (χ3v) is 10.5. The maximum Gasteiger partial charge on any atom is 0.103 e. The molecule has 2 aliphatic heterocycles. The van der Waals surface area contributed by atoms with Gasteiger partial charge < -0.3 is 5.43 Å². The van der Waals surface area contributed by atoms with Crippen LogP contribution in [0.4, 0.5) is 0 Å². The molecule has 1 saturated carbocycles. The van der Waals surface area contributed by atoms with Crippen molar-refractivity contribution >= 4 is 16.7 Å². The zero-order chi connectivity index (χ0) is 27.2. The van der Waals surface area contributed by atoms with Crippen LogP contribution in [0, 0.1) is 11.3 Å². The second kappa shape index (κ2) is 8.34. The highest BCUT2D eigenvalue weighted by atomic mass is 15.4. The maximum atomic E-state index is 5.52. The van der Waals surface area contributed by atoms with E-state index in [-0.39, 0.29) is 17.4 Å². The summed E-state index contributed by atoms with van der Waals surface area (Å²) in [5.74, 6) is 0.595. The van der Waals surface area contributed by atoms with Crippen LogP contribution in [0.3, 0.4) is 0 Å². The van der Waals surface area contributed by atoms with Gasteiger partial charge in [-0.05, 0) is 48.7 Å². The van der Waals surface area contributed by atoms with Gasteiger partial charge in [-0.15, -0.1) is 0 Å². The number of aromatic nitrogens is 2. The Morgan fingerprint density at radius 3 is 2.20 bits per heavy atom. The lowest BCUT2D eigenvalue weighted by Gasteiger charge is -2.47. The Balaban J connectivity index is 1.35. The fourth-order valence-corrected chi connectivity index (χ4v) is 9.05. The Kier molecular flexibility index (Phi) is 4.75. The van der Waals surface area contributed by atoms with E-state index in [4.69, 9.17) is 15.1 Å². The number of rotatable bonds is 2. The molecule has 200 valence electrons. The smallest absolute Gasteiger partial charge is 0.103 e. The topological polar surface area (TPSA) is 53.4 Å². The standard InChI is InChI=1S/C36H31N5/c1-41-22-28(23-12-4-2-5-13-23)35(21-20-26-31(39-40-33(26)35)24-14-6-3-7-15-24)36(41)27-17-9-8-16-25(27)32-34(36)38-30-19-11-10-18-29(30)37-32/h2-19,26,28,31,39H,20-22H2,1H3/t26?,28-,31?,35+,36-/m0/s1. The molecule has 5 nitrogen and oxygen atoms in total. The third-order valence-electron chi connectivity index (χ3n) is 10.5. The Morgan fingerprint density at radius 1 is 0.756 bits per heavy atom. The first-order valence-corrected chi connectivity index (χ1v) is 14.8. The van der Waals surface area contributed by atoms with Crippen molar-refractivity contribution < 1.29 is 0 Å². The molecule has 41 heavy (non-hydrogen) atoms. The normalized spacial score (nSPS) is 29.5. The maximum absolute atomic E-state index is 5.52. The predicted molar refractivity (Wildman–Crippen MR) is 162 cm³/mol. The summed E-state index contributed by atoms with van der Waals surface area (Å²) in [5, 5.41) is 5.32. The molecule has 5 aromatic rings. The summed E-state index contributed by atoms with van der Waals surface area (Å²) in [6, 6.07) is 39.4. The summed E-state index contributed by atoms with van der Waals surface area (Å²) in [6.45, 7) is 0.925. The molecule has 1 N–H and O–H groups in total. The quantitative estimate of drug-likeness (QED) is 0.275. The van der Waals surface area contributed by atoms with Crippen molar-refractivity contribution in [3.63, 3.8) is 0 Å². The molecule has 1 saturated heterocycles. The molecule has 4 aliphatic rings. The minimum Gasteiger partial charge on any atom is -0.302 e. The van der Waals surface area contributed by atoms with Crippen LogP contribution in [-0.2, 0) is 5.54 Å². The second-order valence-electron chi connectivity index (χ2n) is 12.1. The summed E-state index contributed by atoms with van der Waals surface area (Å²) in [5.41, 5.74) is 13.4. The number of likely N-dealkylation sites (tertiary alicyclic amines) is 1. The van der Waals surface area contributed by atoms with Gasteiger partial charge in [0.15, 0.2) is 0 Å². The summed E-state index contributed by atoms with van der Waals surface area (Å²) >= 11 is 0. The van der Waals surface area contributed by atoms with Gasteiger partial charge in [0.25, 0.3) is 0 Å². The van der Waals surface area contributed by atoms with Crippen LogP contribution in [0.25, 0.3) is 22.3 Å². The highest BCUT2D eigenvalue weighted by Crippen LogP contribution is 2.71. The molecule has 2 aliphatic carbocycles. The Bertz CT molecular complexity index is 1850. The van der Waals surface area contributed by atoms with Crippen LogP contribution in [0.2, 0.25) is 0 Å². The van der Waals surface area contributed by atoms with E-state index in [1.807, 2.05) is 0 Å². The fraction of sp³-hybridized carbons (Fsp3) is 0.250. The van der Waals surface area contributed by atoms with Crippen LogP contribution in [0.5, 0.6) is 0 Å². The minimum atomic E-state index is -0.475. The van der Waals surface area contributed by atoms with Gasteiger partial charge in [0, 0.05) is 29.4 Å². The molecule has 1 aromatic heterocycles. The number of hydrazone groups is 1. The van der Waals surface area contributed by atoms with Gasteiger partial charge >= 0.3 is 0 Å². The van der Waals surface area contributed by atoms with Crippen LogP contribution >= 0.6 is 0 Å². The SMILES string of the molecule is CN1C[C@@H](c2ccccc2)[C@@]2(CCC3C2=NNC3c2ccccc2)[C@@]12c1ccccc1-c1nc3ccccc3nc12. The Hall–Kier alpha value is -4.35. The Morgan fingerprint density at radius 2 is 1.41 bits per heavy atom. The number of benzene rings is 4. The van der Waals surface area contributed by atoms with Crippen molar-refractivity contribution in [2.24, 2.45) is 16.4 Å². The average molecular weight is 534 g/mol. The zero-order valence-corrected chi connectivity index (χ0v) is 23.0. The molecule has 5 atom stereocenters. The van der Waals surface area contributed by atoms with Crippen molar-refractivity contribution in [2.45, 2.75) is 30.3 Å². The summed E-state index contributed by atoms with van der Waals surface area (Å²) in [7, 11) is 2.30. The molecule has 0 radical (unpaired) electrons. The van der Waals surface area contributed by atoms with Crippen LogP contribution < -0.4 is 5.43 Å². The van der Waals surface area contributed by atoms with Crippen molar-refractivity contribution in [1.82, 2.24) is 20.3 Å². The average Bonchev–Trinajstić information content (AvgIpc) is 3.76. The number of likely N-dealkylation sites (N-methyl/N-ethyl adjacent to an activating group) is 1. The second-order valence-corrected chi connectivity index (χ2v) is 12.1. The van der Waals surface area contributed by atoms with Crippen LogP contribution in [-0.4, -0.2) is 34.2 Å². The number of nitrogens with one attached hydrogen (secondary N) is 1. The molecule has 0 bridgehead atoms. The van der Waals surface area contributed by atoms with Crippen LogP contribution in [0.15, 0.2) is 114 Å². The van der Waals surface area contributed by atoms with E-state index >= 15 is 0 Å². The lowest BCUT2D eigenvalue weighted by Crippen LogP contribution is -2.53. The monoisotopic (exact) mass is 533 g/mol. The third kappa shape index (κ3) is 2.82. The number of nitrogens with zero attached hydrogens (tertiary/aromatic N) is 4. The van der Waals surface area contributed by atoms with Gasteiger partial charge in [-0.1, -0.05) is 97.1 Å². The van der Waals surface area contributed by atoms with Crippen molar-refractivity contribution in [2.75, 3.05) is 13.6 Å². The molecule has 2 spiro atoms. The Labute approximate surface area is 240 Å². The summed E-state index contributed by atoms with van der Waals surface area (Å²) < 4.78 is 0. The predicted octanol–water partition coefficient (Wildman–Crippen LogP) is 6.68. The van der Waals surface area contributed by atoms with Crippen molar-refractivity contribution in [3.8, 4) is 11.3 Å². The number of hydrogen-bond donors (Lipinski definition) is 1. The number of fused-ring (bicyclic) bond motifs is 9. The van der Waals surface area contributed by atoms with Gasteiger partial charge in [-0.2, -0.15) is 5.10 Å². The van der Waals surface area contributed by atoms with Crippen molar-refractivity contribution in [3.05, 3.63) is 132 Å².